The van der Waals surface area contributed by atoms with Crippen LogP contribution in [0.25, 0.3) is 0 Å². The molecule has 0 radical (unpaired) electrons. The lowest BCUT2D eigenvalue weighted by Gasteiger charge is -2.39. The number of nitrogens with one attached hydrogen (secondary N) is 1. The fourth-order valence-corrected chi connectivity index (χ4v) is 4.49. The lowest BCUT2D eigenvalue weighted by molar-refractivity contribution is -0.139. The third kappa shape index (κ3) is 6.03. The Kier molecular flexibility index (Phi) is 8.84. The normalized spacial score (nSPS) is 19.5. The van der Waals surface area contributed by atoms with E-state index in [1.165, 1.54) is 4.90 Å². The molecule has 0 spiro atoms. The van der Waals surface area contributed by atoms with Crippen LogP contribution in [0.15, 0.2) is 29.5 Å². The molecule has 1 atom stereocenters. The van der Waals surface area contributed by atoms with Gasteiger partial charge in [-0.1, -0.05) is 43.1 Å². The average molecular weight is 511 g/mol. The van der Waals surface area contributed by atoms with Gasteiger partial charge in [-0.2, -0.15) is 0 Å². The van der Waals surface area contributed by atoms with Gasteiger partial charge in [-0.15, -0.1) is 0 Å². The number of nitrogens with zero attached hydrogens (tertiary/aromatic N) is 3. The Morgan fingerprint density at radius 3 is 2.41 bits per heavy atom. The van der Waals surface area contributed by atoms with Crippen LogP contribution >= 0.6 is 23.2 Å². The third-order valence-corrected chi connectivity index (χ3v) is 6.77. The number of piperazine rings is 1. The quantitative estimate of drug-likeness (QED) is 0.565. The van der Waals surface area contributed by atoms with E-state index in [2.05, 4.69) is 10.2 Å². The summed E-state index contributed by atoms with van der Waals surface area (Å²) in [7, 11) is 1.64. The third-order valence-electron chi connectivity index (χ3n) is 6.03. The molecule has 2 aliphatic rings. The lowest BCUT2D eigenvalue weighted by Crippen LogP contribution is -2.53. The molecule has 3 amide bonds. The molecule has 8 nitrogen and oxygen atoms in total. The predicted octanol–water partition coefficient (Wildman–Crippen LogP) is 3.70. The largest absolute Gasteiger partial charge is 0.463 e. The van der Waals surface area contributed by atoms with Gasteiger partial charge in [0.2, 0.25) is 5.91 Å². The molecule has 1 aromatic rings. The van der Waals surface area contributed by atoms with Crippen LogP contribution in [-0.4, -0.2) is 79.0 Å². The van der Waals surface area contributed by atoms with Crippen LogP contribution in [0.1, 0.15) is 38.8 Å². The van der Waals surface area contributed by atoms with E-state index in [-0.39, 0.29) is 18.5 Å². The fourth-order valence-electron chi connectivity index (χ4n) is 4.19. The van der Waals surface area contributed by atoms with E-state index in [0.717, 1.165) is 0 Å². The van der Waals surface area contributed by atoms with Gasteiger partial charge in [-0.3, -0.25) is 14.6 Å². The average Bonchev–Trinajstić information content (AvgIpc) is 2.78. The second kappa shape index (κ2) is 11.4. The molecule has 186 valence electrons. The fraction of sp³-hybridized carbons (Fsp3) is 0.542. The number of urea groups is 1. The minimum atomic E-state index is -0.721. The van der Waals surface area contributed by atoms with E-state index in [1.54, 1.807) is 32.2 Å². The number of amides is 3. The molecule has 1 saturated heterocycles. The van der Waals surface area contributed by atoms with Crippen molar-refractivity contribution in [3.63, 3.8) is 0 Å². The lowest BCUT2D eigenvalue weighted by atomic mass is 9.94. The number of rotatable bonds is 7. The van der Waals surface area contributed by atoms with Crippen LogP contribution in [0, 0.1) is 5.92 Å². The number of benzene rings is 1. The number of hydrogen-bond acceptors (Lipinski definition) is 5. The summed E-state index contributed by atoms with van der Waals surface area (Å²) in [5, 5.41) is 3.60. The molecular weight excluding hydrogens is 479 g/mol. The number of hydrogen-bond donors (Lipinski definition) is 1. The predicted molar refractivity (Wildman–Crippen MR) is 132 cm³/mol. The van der Waals surface area contributed by atoms with Crippen molar-refractivity contribution in [2.45, 2.75) is 33.2 Å². The molecule has 34 heavy (non-hydrogen) atoms. The van der Waals surface area contributed by atoms with Crippen molar-refractivity contribution in [2.24, 2.45) is 5.92 Å². The number of halogens is 2. The van der Waals surface area contributed by atoms with Gasteiger partial charge in [0.25, 0.3) is 0 Å². The van der Waals surface area contributed by atoms with Crippen LogP contribution in [0.3, 0.4) is 0 Å². The summed E-state index contributed by atoms with van der Waals surface area (Å²) in [6, 6.07) is 3.97. The minimum Gasteiger partial charge on any atom is -0.463 e. The number of esters is 1. The van der Waals surface area contributed by atoms with E-state index in [1.807, 2.05) is 18.7 Å². The summed E-state index contributed by atoms with van der Waals surface area (Å²) >= 11 is 12.3. The molecule has 1 unspecified atom stereocenters. The maximum Gasteiger partial charge on any atom is 0.338 e. The highest BCUT2D eigenvalue weighted by Crippen LogP contribution is 2.34. The zero-order valence-corrected chi connectivity index (χ0v) is 21.6. The molecule has 0 aliphatic carbocycles. The number of likely N-dealkylation sites (N-methyl/N-ethyl adjacent to an activating group) is 1. The van der Waals surface area contributed by atoms with Gasteiger partial charge in [0.1, 0.15) is 0 Å². The zero-order chi connectivity index (χ0) is 25.0. The second-order valence-corrected chi connectivity index (χ2v) is 9.77. The van der Waals surface area contributed by atoms with Gasteiger partial charge in [-0.25, -0.2) is 9.59 Å². The molecule has 10 heteroatoms. The van der Waals surface area contributed by atoms with Crippen LogP contribution in [0.5, 0.6) is 0 Å². The Bertz CT molecular complexity index is 974. The van der Waals surface area contributed by atoms with Crippen molar-refractivity contribution >= 4 is 41.1 Å². The maximum atomic E-state index is 13.1. The van der Waals surface area contributed by atoms with Crippen molar-refractivity contribution in [3.8, 4) is 0 Å². The summed E-state index contributed by atoms with van der Waals surface area (Å²) in [6.45, 7) is 8.91. The molecule has 3 rings (SSSR count). The van der Waals surface area contributed by atoms with Crippen molar-refractivity contribution in [1.29, 1.82) is 0 Å². The minimum absolute atomic E-state index is 0.162. The number of carbonyl (C=O) groups is 3. The summed E-state index contributed by atoms with van der Waals surface area (Å²) in [6.07, 6.45) is 0.534. The first kappa shape index (κ1) is 26.3. The van der Waals surface area contributed by atoms with Gasteiger partial charge in [0.05, 0.1) is 28.3 Å². The zero-order valence-electron chi connectivity index (χ0n) is 20.1. The summed E-state index contributed by atoms with van der Waals surface area (Å²) in [5.74, 6) is -0.0170. The smallest absolute Gasteiger partial charge is 0.338 e. The Hall–Kier alpha value is -2.29. The van der Waals surface area contributed by atoms with Gasteiger partial charge >= 0.3 is 12.0 Å². The van der Waals surface area contributed by atoms with Crippen LogP contribution in [0.2, 0.25) is 10.0 Å². The molecule has 2 heterocycles. The van der Waals surface area contributed by atoms with Crippen LogP contribution < -0.4 is 5.32 Å². The van der Waals surface area contributed by atoms with E-state index in [4.69, 9.17) is 27.9 Å². The topological polar surface area (TPSA) is 82.2 Å². The highest BCUT2D eigenvalue weighted by atomic mass is 35.5. The van der Waals surface area contributed by atoms with Gasteiger partial charge < -0.3 is 15.0 Å². The Morgan fingerprint density at radius 1 is 1.15 bits per heavy atom. The monoisotopic (exact) mass is 510 g/mol. The highest BCUT2D eigenvalue weighted by Gasteiger charge is 2.38. The van der Waals surface area contributed by atoms with Crippen molar-refractivity contribution in [2.75, 3.05) is 46.4 Å². The molecule has 0 aromatic heterocycles. The van der Waals surface area contributed by atoms with Crippen molar-refractivity contribution in [3.05, 3.63) is 45.1 Å². The summed E-state index contributed by atoms with van der Waals surface area (Å²) < 4.78 is 5.37. The molecule has 1 fully saturated rings. The molecule has 1 N–H and O–H groups in total. The molecule has 0 bridgehead atoms. The molecule has 1 aromatic carbocycles. The van der Waals surface area contributed by atoms with E-state index < -0.39 is 12.0 Å². The van der Waals surface area contributed by atoms with Gasteiger partial charge in [0, 0.05) is 51.9 Å². The summed E-state index contributed by atoms with van der Waals surface area (Å²) in [4.78, 5) is 43.8. The maximum absolute atomic E-state index is 13.1. The molecular formula is C24H32Cl2N4O4. The summed E-state index contributed by atoms with van der Waals surface area (Å²) in [5.41, 5.74) is 1.57. The standard InChI is InChI=1S/C24H32Cl2N4O4/c1-5-34-23(32)21-19(14-29-8-10-30(11-9-29)20(31)12-15(2)3)28(4)24(33)27-22(21)16-6-7-17(25)18(26)13-16/h6-7,13,15,22H,5,8-12,14H2,1-4H3,(H,27,33). The van der Waals surface area contributed by atoms with Crippen molar-refractivity contribution in [1.82, 2.24) is 20.0 Å². The molecule has 2 aliphatic heterocycles. The first-order valence-corrected chi connectivity index (χ1v) is 12.3. The van der Waals surface area contributed by atoms with E-state index in [0.29, 0.717) is 71.9 Å². The number of carbonyl (C=O) groups excluding carboxylic acids is 3. The van der Waals surface area contributed by atoms with Gasteiger partial charge in [0.15, 0.2) is 0 Å². The van der Waals surface area contributed by atoms with E-state index in [9.17, 15) is 14.4 Å². The van der Waals surface area contributed by atoms with Crippen LogP contribution in [-0.2, 0) is 14.3 Å². The second-order valence-electron chi connectivity index (χ2n) is 8.95. The Labute approximate surface area is 210 Å². The van der Waals surface area contributed by atoms with Crippen molar-refractivity contribution < 1.29 is 19.1 Å². The first-order chi connectivity index (χ1) is 16.1. The molecule has 0 saturated carbocycles. The SMILES string of the molecule is CCOC(=O)C1=C(CN2CCN(C(=O)CC(C)C)CC2)N(C)C(=O)NC1c1ccc(Cl)c(Cl)c1. The Morgan fingerprint density at radius 2 is 1.82 bits per heavy atom. The Balaban J connectivity index is 1.89. The first-order valence-electron chi connectivity index (χ1n) is 11.5. The highest BCUT2D eigenvalue weighted by molar-refractivity contribution is 6.42. The number of ether oxygens (including phenoxy) is 1. The van der Waals surface area contributed by atoms with Gasteiger partial charge in [-0.05, 0) is 30.5 Å². The van der Waals surface area contributed by atoms with E-state index >= 15 is 0 Å². The van der Waals surface area contributed by atoms with Crippen LogP contribution in [0.4, 0.5) is 4.79 Å².